The molecule has 1 aliphatic rings. The van der Waals surface area contributed by atoms with Gasteiger partial charge < -0.3 is 10.4 Å². The molecule has 0 aromatic heterocycles. The number of amides is 1. The number of carbonyl (C=O) groups is 1. The van der Waals surface area contributed by atoms with Crippen LogP contribution in [-0.2, 0) is 26.8 Å². The van der Waals surface area contributed by atoms with E-state index < -0.39 is 40.0 Å². The third-order valence-corrected chi connectivity index (χ3v) is 6.81. The van der Waals surface area contributed by atoms with Crippen molar-refractivity contribution >= 4 is 21.6 Å². The van der Waals surface area contributed by atoms with Crippen LogP contribution in [0.1, 0.15) is 44.2 Å². The first kappa shape index (κ1) is 25.2. The van der Waals surface area contributed by atoms with E-state index in [0.717, 1.165) is 25.0 Å². The Kier molecular flexibility index (Phi) is 7.21. The first-order valence-corrected chi connectivity index (χ1v) is 12.1. The Morgan fingerprint density at radius 1 is 1.12 bits per heavy atom. The summed E-state index contributed by atoms with van der Waals surface area (Å²) in [6.07, 6.45) is -3.84. The third-order valence-electron chi connectivity index (χ3n) is 5.29. The minimum atomic E-state index is -4.85. The van der Waals surface area contributed by atoms with Crippen molar-refractivity contribution in [1.29, 1.82) is 0 Å². The van der Waals surface area contributed by atoms with Gasteiger partial charge in [-0.2, -0.15) is 13.2 Å². The molecule has 1 amide bonds. The lowest BCUT2D eigenvalue weighted by Gasteiger charge is -2.32. The van der Waals surface area contributed by atoms with E-state index in [1.165, 1.54) is 24.3 Å². The van der Waals surface area contributed by atoms with E-state index in [2.05, 4.69) is 10.0 Å². The predicted molar refractivity (Wildman–Crippen MR) is 118 cm³/mol. The quantitative estimate of drug-likeness (QED) is 0.499. The molecule has 33 heavy (non-hydrogen) atoms. The number of hydrogen-bond acceptors (Lipinski definition) is 4. The van der Waals surface area contributed by atoms with Crippen molar-refractivity contribution in [2.75, 3.05) is 5.32 Å². The van der Waals surface area contributed by atoms with E-state index in [4.69, 9.17) is 0 Å². The van der Waals surface area contributed by atoms with Crippen LogP contribution < -0.4 is 10.0 Å². The Morgan fingerprint density at radius 2 is 1.76 bits per heavy atom. The molecule has 0 saturated heterocycles. The van der Waals surface area contributed by atoms with E-state index >= 15 is 0 Å². The largest absolute Gasteiger partial charge is 0.421 e. The van der Waals surface area contributed by atoms with Crippen LogP contribution in [0.4, 0.5) is 18.9 Å². The van der Waals surface area contributed by atoms with Crippen LogP contribution in [0.25, 0.3) is 0 Å². The second-order valence-corrected chi connectivity index (χ2v) is 10.5. The van der Waals surface area contributed by atoms with Gasteiger partial charge in [-0.25, -0.2) is 13.1 Å². The number of anilines is 1. The van der Waals surface area contributed by atoms with Crippen molar-refractivity contribution in [3.05, 3.63) is 59.7 Å². The van der Waals surface area contributed by atoms with E-state index in [1.54, 1.807) is 26.0 Å². The zero-order valence-electron chi connectivity index (χ0n) is 18.3. The number of alkyl halides is 3. The molecule has 1 saturated carbocycles. The monoisotopic (exact) mass is 484 g/mol. The number of hydrogen-bond donors (Lipinski definition) is 3. The fourth-order valence-electron chi connectivity index (χ4n) is 3.52. The number of benzene rings is 2. The second-order valence-electron chi connectivity index (χ2n) is 8.80. The summed E-state index contributed by atoms with van der Waals surface area (Å²) in [7, 11) is -3.65. The topological polar surface area (TPSA) is 95.5 Å². The first-order valence-electron chi connectivity index (χ1n) is 10.6. The summed E-state index contributed by atoms with van der Waals surface area (Å²) in [5.41, 5.74) is -2.55. The van der Waals surface area contributed by atoms with Crippen molar-refractivity contribution in [1.82, 2.24) is 4.72 Å². The maximum absolute atomic E-state index is 13.5. The van der Waals surface area contributed by atoms with E-state index in [-0.39, 0.29) is 28.6 Å². The SMILES string of the molecule is CC(C)CC(O)(c1ccc(NC(=O)Cc2cccc(S(=O)(=O)NC3CC3)c2)cc1)C(F)(F)F. The van der Waals surface area contributed by atoms with Crippen molar-refractivity contribution in [2.24, 2.45) is 5.92 Å². The molecule has 2 aromatic carbocycles. The maximum atomic E-state index is 13.5. The summed E-state index contributed by atoms with van der Waals surface area (Å²) in [5, 5.41) is 12.9. The first-order chi connectivity index (χ1) is 15.3. The molecule has 1 unspecified atom stereocenters. The van der Waals surface area contributed by atoms with Gasteiger partial charge in [0, 0.05) is 11.7 Å². The summed E-state index contributed by atoms with van der Waals surface area (Å²) < 4.78 is 67.9. The van der Waals surface area contributed by atoms with Gasteiger partial charge in [0.25, 0.3) is 0 Å². The molecule has 180 valence electrons. The molecular formula is C23H27F3N2O4S. The molecule has 0 aliphatic heterocycles. The van der Waals surface area contributed by atoms with Crippen LogP contribution >= 0.6 is 0 Å². The number of carbonyl (C=O) groups excluding carboxylic acids is 1. The standard InChI is InChI=1S/C23H27F3N2O4S/c1-15(2)14-22(30,23(24,25)26)17-6-8-18(9-7-17)27-21(29)13-16-4-3-5-20(12-16)33(31,32)28-19-10-11-19/h3-9,12,15,19,28,30H,10-11,13-14H2,1-2H3,(H,27,29). The molecule has 0 bridgehead atoms. The van der Waals surface area contributed by atoms with Crippen molar-refractivity contribution < 1.29 is 31.5 Å². The van der Waals surface area contributed by atoms with Crippen molar-refractivity contribution in [3.8, 4) is 0 Å². The molecule has 3 N–H and O–H groups in total. The Hall–Kier alpha value is -2.43. The Morgan fingerprint density at radius 3 is 2.30 bits per heavy atom. The van der Waals surface area contributed by atoms with Gasteiger partial charge in [0.15, 0.2) is 5.60 Å². The number of rotatable bonds is 9. The van der Waals surface area contributed by atoms with Gasteiger partial charge in [0.1, 0.15) is 0 Å². The number of sulfonamides is 1. The molecule has 1 fully saturated rings. The minimum absolute atomic E-state index is 0.0412. The molecule has 2 aromatic rings. The lowest BCUT2D eigenvalue weighted by Crippen LogP contribution is -2.43. The molecule has 0 heterocycles. The van der Waals surface area contributed by atoms with Crippen LogP contribution in [0.2, 0.25) is 0 Å². The highest BCUT2D eigenvalue weighted by molar-refractivity contribution is 7.89. The van der Waals surface area contributed by atoms with Gasteiger partial charge in [-0.1, -0.05) is 38.1 Å². The molecule has 3 rings (SSSR count). The summed E-state index contributed by atoms with van der Waals surface area (Å²) in [6.45, 7) is 3.18. The fraction of sp³-hybridized carbons (Fsp3) is 0.435. The Balaban J connectivity index is 1.68. The van der Waals surface area contributed by atoms with Gasteiger partial charge >= 0.3 is 6.18 Å². The van der Waals surface area contributed by atoms with E-state index in [0.29, 0.717) is 5.56 Å². The third kappa shape index (κ3) is 6.33. The summed E-state index contributed by atoms with van der Waals surface area (Å²) >= 11 is 0. The van der Waals surface area contributed by atoms with Gasteiger partial charge in [0.05, 0.1) is 11.3 Å². The van der Waals surface area contributed by atoms with Gasteiger partial charge in [0.2, 0.25) is 15.9 Å². The van der Waals surface area contributed by atoms with Gasteiger partial charge in [-0.05, 0) is 60.6 Å². The average Bonchev–Trinajstić information content (AvgIpc) is 3.50. The van der Waals surface area contributed by atoms with E-state index in [1.807, 2.05) is 0 Å². The summed E-state index contributed by atoms with van der Waals surface area (Å²) in [4.78, 5) is 12.5. The average molecular weight is 485 g/mol. The lowest BCUT2D eigenvalue weighted by molar-refractivity contribution is -0.272. The molecule has 1 atom stereocenters. The Bertz CT molecular complexity index is 1100. The summed E-state index contributed by atoms with van der Waals surface area (Å²) in [6, 6.07) is 10.9. The van der Waals surface area contributed by atoms with Crippen LogP contribution in [0.5, 0.6) is 0 Å². The molecule has 10 heteroatoms. The molecule has 6 nitrogen and oxygen atoms in total. The van der Waals surface area contributed by atoms with Gasteiger partial charge in [-0.3, -0.25) is 4.79 Å². The highest BCUT2D eigenvalue weighted by atomic mass is 32.2. The van der Waals surface area contributed by atoms with Crippen molar-refractivity contribution in [2.45, 2.75) is 62.2 Å². The van der Waals surface area contributed by atoms with Gasteiger partial charge in [-0.15, -0.1) is 0 Å². The fourth-order valence-corrected chi connectivity index (χ4v) is 4.89. The zero-order chi connectivity index (χ0) is 24.4. The zero-order valence-corrected chi connectivity index (χ0v) is 19.1. The Labute approximate surface area is 191 Å². The van der Waals surface area contributed by atoms with Crippen LogP contribution in [0.3, 0.4) is 0 Å². The number of aliphatic hydroxyl groups is 1. The second kappa shape index (κ2) is 9.44. The predicted octanol–water partition coefficient (Wildman–Crippen LogP) is 4.10. The highest BCUT2D eigenvalue weighted by Crippen LogP contribution is 2.43. The number of halogens is 3. The van der Waals surface area contributed by atoms with Crippen molar-refractivity contribution in [3.63, 3.8) is 0 Å². The number of nitrogens with one attached hydrogen (secondary N) is 2. The van der Waals surface area contributed by atoms with Crippen LogP contribution in [-0.4, -0.2) is 31.6 Å². The molecule has 1 aliphatic carbocycles. The molecule has 0 spiro atoms. The normalized spacial score (nSPS) is 16.5. The minimum Gasteiger partial charge on any atom is -0.376 e. The van der Waals surface area contributed by atoms with Crippen LogP contribution in [0.15, 0.2) is 53.4 Å². The molecular weight excluding hydrogens is 457 g/mol. The lowest BCUT2D eigenvalue weighted by atomic mass is 9.85. The van der Waals surface area contributed by atoms with E-state index in [9.17, 15) is 31.5 Å². The van der Waals surface area contributed by atoms with Crippen LogP contribution in [0, 0.1) is 5.92 Å². The smallest absolute Gasteiger partial charge is 0.376 e. The molecule has 0 radical (unpaired) electrons. The highest BCUT2D eigenvalue weighted by Gasteiger charge is 2.54. The summed E-state index contributed by atoms with van der Waals surface area (Å²) in [5.74, 6) is -0.851. The maximum Gasteiger partial charge on any atom is 0.421 e.